The number of aryl methyl sites for hydroxylation is 1. The number of rotatable bonds is 2. The lowest BCUT2D eigenvalue weighted by Gasteiger charge is -2.24. The number of imidazole rings is 1. The van der Waals surface area contributed by atoms with E-state index in [0.717, 1.165) is 25.2 Å². The van der Waals surface area contributed by atoms with Crippen molar-refractivity contribution >= 4 is 11.6 Å². The van der Waals surface area contributed by atoms with Gasteiger partial charge in [0.25, 0.3) is 0 Å². The Kier molecular flexibility index (Phi) is 2.79. The van der Waals surface area contributed by atoms with E-state index in [1.807, 2.05) is 14.0 Å². The van der Waals surface area contributed by atoms with Crippen molar-refractivity contribution in [2.45, 2.75) is 26.3 Å². The summed E-state index contributed by atoms with van der Waals surface area (Å²) in [6, 6.07) is 0. The normalized spacial score (nSPS) is 20.9. The van der Waals surface area contributed by atoms with Gasteiger partial charge >= 0.3 is 0 Å². The molecule has 0 saturated carbocycles. The molecule has 0 aromatic carbocycles. The molecule has 1 aliphatic rings. The first-order valence-electron chi connectivity index (χ1n) is 5.08. The van der Waals surface area contributed by atoms with E-state index in [1.165, 1.54) is 12.1 Å². The van der Waals surface area contributed by atoms with Crippen LogP contribution in [0.4, 0.5) is 0 Å². The molecule has 0 fully saturated rings. The van der Waals surface area contributed by atoms with Crippen LogP contribution in [0.3, 0.4) is 0 Å². The average molecular weight is 214 g/mol. The van der Waals surface area contributed by atoms with E-state index in [-0.39, 0.29) is 0 Å². The highest BCUT2D eigenvalue weighted by Crippen LogP contribution is 2.25. The molecule has 1 N–H and O–H groups in total. The van der Waals surface area contributed by atoms with E-state index in [0.29, 0.717) is 11.2 Å². The van der Waals surface area contributed by atoms with Gasteiger partial charge in [-0.05, 0) is 50.9 Å². The van der Waals surface area contributed by atoms with Crippen molar-refractivity contribution in [3.8, 4) is 0 Å². The largest absolute Gasteiger partial charge is 0.319 e. The molecular weight excluding hydrogens is 198 g/mol. The molecule has 0 saturated heterocycles. The highest BCUT2D eigenvalue weighted by Gasteiger charge is 2.22. The van der Waals surface area contributed by atoms with E-state index < -0.39 is 0 Å². The van der Waals surface area contributed by atoms with Crippen molar-refractivity contribution in [2.24, 2.45) is 5.92 Å². The number of aromatic nitrogens is 2. The van der Waals surface area contributed by atoms with Crippen LogP contribution in [0.15, 0.2) is 0 Å². The smallest absolute Gasteiger partial charge is 0.203 e. The second-order valence-electron chi connectivity index (χ2n) is 3.99. The van der Waals surface area contributed by atoms with Gasteiger partial charge in [0.2, 0.25) is 5.28 Å². The molecular formula is C10H16ClN3. The van der Waals surface area contributed by atoms with Gasteiger partial charge in [-0.2, -0.15) is 0 Å². The lowest BCUT2D eigenvalue weighted by molar-refractivity contribution is 0.360. The van der Waals surface area contributed by atoms with Gasteiger partial charge in [0, 0.05) is 12.2 Å². The fourth-order valence-electron chi connectivity index (χ4n) is 2.22. The van der Waals surface area contributed by atoms with E-state index in [2.05, 4.69) is 14.9 Å². The molecule has 1 aromatic heterocycles. The van der Waals surface area contributed by atoms with Crippen LogP contribution < -0.4 is 5.32 Å². The van der Waals surface area contributed by atoms with Crippen molar-refractivity contribution in [1.82, 2.24) is 14.9 Å². The third-order valence-electron chi connectivity index (χ3n) is 2.95. The maximum atomic E-state index is 6.06. The van der Waals surface area contributed by atoms with Crippen LogP contribution in [-0.4, -0.2) is 23.1 Å². The summed E-state index contributed by atoms with van der Waals surface area (Å²) in [5, 5.41) is 3.87. The highest BCUT2D eigenvalue weighted by molar-refractivity contribution is 6.28. The maximum Gasteiger partial charge on any atom is 0.203 e. The molecule has 78 valence electrons. The van der Waals surface area contributed by atoms with Crippen molar-refractivity contribution in [1.29, 1.82) is 0 Å². The predicted octanol–water partition coefficient (Wildman–Crippen LogP) is 1.63. The summed E-state index contributed by atoms with van der Waals surface area (Å²) >= 11 is 6.06. The van der Waals surface area contributed by atoms with Crippen LogP contribution in [0.1, 0.15) is 17.8 Å². The molecule has 14 heavy (non-hydrogen) atoms. The quantitative estimate of drug-likeness (QED) is 0.810. The molecule has 0 bridgehead atoms. The lowest BCUT2D eigenvalue weighted by Crippen LogP contribution is -2.28. The Morgan fingerprint density at radius 1 is 1.64 bits per heavy atom. The van der Waals surface area contributed by atoms with E-state index in [4.69, 9.17) is 11.6 Å². The third kappa shape index (κ3) is 1.66. The lowest BCUT2D eigenvalue weighted by atomic mass is 9.97. The van der Waals surface area contributed by atoms with Gasteiger partial charge in [0.05, 0.1) is 5.69 Å². The zero-order chi connectivity index (χ0) is 10.1. The molecule has 0 amide bonds. The monoisotopic (exact) mass is 213 g/mol. The SMILES string of the molecule is CNCC1CCc2c(C)nc(Cl)n2C1. The summed E-state index contributed by atoms with van der Waals surface area (Å²) in [5.74, 6) is 0.693. The Balaban J connectivity index is 2.21. The Bertz CT molecular complexity index is 332. The van der Waals surface area contributed by atoms with E-state index >= 15 is 0 Å². The summed E-state index contributed by atoms with van der Waals surface area (Å²) in [6.07, 6.45) is 2.35. The first-order chi connectivity index (χ1) is 6.72. The molecule has 3 nitrogen and oxygen atoms in total. The summed E-state index contributed by atoms with van der Waals surface area (Å²) in [5.41, 5.74) is 2.42. The van der Waals surface area contributed by atoms with E-state index in [9.17, 15) is 0 Å². The molecule has 4 heteroatoms. The zero-order valence-electron chi connectivity index (χ0n) is 8.68. The summed E-state index contributed by atoms with van der Waals surface area (Å²) in [7, 11) is 2.00. The van der Waals surface area contributed by atoms with Gasteiger partial charge < -0.3 is 9.88 Å². The fraction of sp³-hybridized carbons (Fsp3) is 0.700. The van der Waals surface area contributed by atoms with Crippen molar-refractivity contribution in [2.75, 3.05) is 13.6 Å². The number of halogens is 1. The summed E-state index contributed by atoms with van der Waals surface area (Å²) < 4.78 is 2.16. The molecule has 1 unspecified atom stereocenters. The first-order valence-corrected chi connectivity index (χ1v) is 5.46. The van der Waals surface area contributed by atoms with Gasteiger partial charge in [-0.3, -0.25) is 0 Å². The van der Waals surface area contributed by atoms with Crippen LogP contribution >= 0.6 is 11.6 Å². The predicted molar refractivity (Wildman–Crippen MR) is 57.7 cm³/mol. The molecule has 1 atom stereocenters. The van der Waals surface area contributed by atoms with Crippen LogP contribution in [0.25, 0.3) is 0 Å². The third-order valence-corrected chi connectivity index (χ3v) is 3.24. The molecule has 0 radical (unpaired) electrons. The van der Waals surface area contributed by atoms with E-state index in [1.54, 1.807) is 0 Å². The minimum atomic E-state index is 0.651. The van der Waals surface area contributed by atoms with Gasteiger partial charge in [-0.15, -0.1) is 0 Å². The standard InChI is InChI=1S/C10H16ClN3/c1-7-9-4-3-8(5-12-2)6-14(9)10(11)13-7/h8,12H,3-6H2,1-2H3. The molecule has 1 aliphatic heterocycles. The maximum absolute atomic E-state index is 6.06. The van der Waals surface area contributed by atoms with Crippen molar-refractivity contribution in [3.63, 3.8) is 0 Å². The molecule has 2 rings (SSSR count). The second-order valence-corrected chi connectivity index (χ2v) is 4.32. The average Bonchev–Trinajstić information content (AvgIpc) is 2.43. The number of hydrogen-bond donors (Lipinski definition) is 1. The highest BCUT2D eigenvalue weighted by atomic mass is 35.5. The summed E-state index contributed by atoms with van der Waals surface area (Å²) in [4.78, 5) is 4.30. The van der Waals surface area contributed by atoms with Gasteiger partial charge in [-0.25, -0.2) is 4.98 Å². The molecule has 1 aromatic rings. The molecule has 0 aliphatic carbocycles. The number of fused-ring (bicyclic) bond motifs is 1. The van der Waals surface area contributed by atoms with Crippen LogP contribution in [0.5, 0.6) is 0 Å². The first kappa shape index (κ1) is 9.99. The van der Waals surface area contributed by atoms with Crippen molar-refractivity contribution in [3.05, 3.63) is 16.7 Å². The van der Waals surface area contributed by atoms with Gasteiger partial charge in [-0.1, -0.05) is 0 Å². The Morgan fingerprint density at radius 2 is 2.43 bits per heavy atom. The topological polar surface area (TPSA) is 29.9 Å². The second kappa shape index (κ2) is 3.91. The summed E-state index contributed by atoms with van der Waals surface area (Å²) in [6.45, 7) is 4.11. The van der Waals surface area contributed by atoms with Crippen molar-refractivity contribution < 1.29 is 0 Å². The zero-order valence-corrected chi connectivity index (χ0v) is 9.43. The Hall–Kier alpha value is -0.540. The fourth-order valence-corrected chi connectivity index (χ4v) is 2.51. The molecule has 2 heterocycles. The number of nitrogens with one attached hydrogen (secondary N) is 1. The minimum absolute atomic E-state index is 0.651. The number of nitrogens with zero attached hydrogens (tertiary/aromatic N) is 2. The molecule has 0 spiro atoms. The van der Waals surface area contributed by atoms with Gasteiger partial charge in [0.15, 0.2) is 0 Å². The minimum Gasteiger partial charge on any atom is -0.319 e. The van der Waals surface area contributed by atoms with Crippen LogP contribution in [0, 0.1) is 12.8 Å². The van der Waals surface area contributed by atoms with Crippen LogP contribution in [0.2, 0.25) is 5.28 Å². The van der Waals surface area contributed by atoms with Gasteiger partial charge in [0.1, 0.15) is 0 Å². The Morgan fingerprint density at radius 3 is 3.14 bits per heavy atom. The Labute approximate surface area is 89.5 Å². The number of hydrogen-bond acceptors (Lipinski definition) is 2. The van der Waals surface area contributed by atoms with Crippen LogP contribution in [-0.2, 0) is 13.0 Å².